The first-order valence-corrected chi connectivity index (χ1v) is 7.46. The molecule has 4 heteroatoms. The van der Waals surface area contributed by atoms with Gasteiger partial charge < -0.3 is 4.90 Å². The van der Waals surface area contributed by atoms with Crippen molar-refractivity contribution in [2.45, 2.75) is 12.6 Å². The first-order valence-electron chi connectivity index (χ1n) is 7.46. The molecule has 2 aromatic carbocycles. The van der Waals surface area contributed by atoms with Crippen LogP contribution in [0.2, 0.25) is 0 Å². The summed E-state index contributed by atoms with van der Waals surface area (Å²) >= 11 is 0. The molecule has 0 N–H and O–H groups in total. The molecular formula is C19H20F3N. The molecule has 0 saturated heterocycles. The minimum absolute atomic E-state index is 0.623. The number of halogens is 3. The summed E-state index contributed by atoms with van der Waals surface area (Å²) in [5.74, 6) is 0. The zero-order chi connectivity index (χ0) is 16.9. The molecule has 0 amide bonds. The highest BCUT2D eigenvalue weighted by Gasteiger charge is 2.30. The van der Waals surface area contributed by atoms with Crippen LogP contribution in [0.1, 0.15) is 23.1 Å². The Labute approximate surface area is 135 Å². The van der Waals surface area contributed by atoms with Gasteiger partial charge in [0.25, 0.3) is 0 Å². The highest BCUT2D eigenvalue weighted by Crippen LogP contribution is 2.31. The molecule has 0 bridgehead atoms. The van der Waals surface area contributed by atoms with Gasteiger partial charge in [0.2, 0.25) is 0 Å². The molecule has 2 rings (SSSR count). The third-order valence-corrected chi connectivity index (χ3v) is 3.53. The molecule has 0 aliphatic heterocycles. The molecule has 0 fully saturated rings. The average Bonchev–Trinajstić information content (AvgIpc) is 2.51. The van der Waals surface area contributed by atoms with Gasteiger partial charge in [-0.15, -0.1) is 0 Å². The summed E-state index contributed by atoms with van der Waals surface area (Å²) in [4.78, 5) is 2.08. The van der Waals surface area contributed by atoms with Crippen molar-refractivity contribution in [3.8, 4) is 0 Å². The molecular weight excluding hydrogens is 299 g/mol. The third kappa shape index (κ3) is 4.96. The van der Waals surface area contributed by atoms with Gasteiger partial charge in [0.15, 0.2) is 0 Å². The molecule has 2 aromatic rings. The maximum Gasteiger partial charge on any atom is 0.416 e. The fraction of sp³-hybridized carbons (Fsp3) is 0.263. The van der Waals surface area contributed by atoms with Crippen LogP contribution in [0.3, 0.4) is 0 Å². The number of rotatable bonds is 5. The van der Waals surface area contributed by atoms with Gasteiger partial charge in [-0.1, -0.05) is 48.5 Å². The summed E-state index contributed by atoms with van der Waals surface area (Å²) in [5.41, 5.74) is 2.14. The minimum atomic E-state index is -4.31. The van der Waals surface area contributed by atoms with Gasteiger partial charge in [-0.05, 0) is 49.3 Å². The third-order valence-electron chi connectivity index (χ3n) is 3.53. The summed E-state index contributed by atoms with van der Waals surface area (Å²) in [5, 5.41) is 0. The van der Waals surface area contributed by atoms with Crippen LogP contribution in [-0.2, 0) is 6.18 Å². The zero-order valence-corrected chi connectivity index (χ0v) is 13.3. The first kappa shape index (κ1) is 17.3. The molecule has 1 nitrogen and oxygen atoms in total. The maximum atomic E-state index is 12.7. The van der Waals surface area contributed by atoms with Crippen molar-refractivity contribution in [2.75, 3.05) is 20.6 Å². The van der Waals surface area contributed by atoms with Crippen molar-refractivity contribution in [1.29, 1.82) is 0 Å². The van der Waals surface area contributed by atoms with E-state index in [2.05, 4.69) is 11.0 Å². The first-order chi connectivity index (χ1) is 10.9. The lowest BCUT2D eigenvalue weighted by atomic mass is 9.96. The Hall–Kier alpha value is -2.07. The molecule has 0 spiro atoms. The van der Waals surface area contributed by atoms with Gasteiger partial charge in [0.1, 0.15) is 0 Å². The van der Waals surface area contributed by atoms with Crippen LogP contribution >= 0.6 is 0 Å². The number of hydrogen-bond acceptors (Lipinski definition) is 1. The number of benzene rings is 2. The topological polar surface area (TPSA) is 3.24 Å². The van der Waals surface area contributed by atoms with E-state index in [0.29, 0.717) is 0 Å². The smallest absolute Gasteiger partial charge is 0.309 e. The number of nitrogens with zero attached hydrogens (tertiary/aromatic N) is 1. The molecule has 0 aromatic heterocycles. The maximum absolute atomic E-state index is 12.7. The van der Waals surface area contributed by atoms with E-state index >= 15 is 0 Å². The van der Waals surface area contributed by atoms with E-state index in [-0.39, 0.29) is 0 Å². The monoisotopic (exact) mass is 319 g/mol. The fourth-order valence-corrected chi connectivity index (χ4v) is 2.33. The van der Waals surface area contributed by atoms with E-state index < -0.39 is 11.7 Å². The normalized spacial score (nSPS) is 12.7. The Balaban J connectivity index is 2.34. The Morgan fingerprint density at radius 2 is 1.48 bits per heavy atom. The summed E-state index contributed by atoms with van der Waals surface area (Å²) in [6.45, 7) is 0.886. The van der Waals surface area contributed by atoms with Gasteiger partial charge in [0.05, 0.1) is 5.56 Å². The second kappa shape index (κ2) is 7.47. The Bertz CT molecular complexity index is 641. The van der Waals surface area contributed by atoms with Crippen molar-refractivity contribution in [3.63, 3.8) is 0 Å². The van der Waals surface area contributed by atoms with E-state index in [1.807, 2.05) is 44.4 Å². The van der Waals surface area contributed by atoms with Crippen molar-refractivity contribution in [3.05, 3.63) is 77.4 Å². The molecule has 0 atom stereocenters. The quantitative estimate of drug-likeness (QED) is 0.742. The Morgan fingerprint density at radius 3 is 2.00 bits per heavy atom. The van der Waals surface area contributed by atoms with Crippen LogP contribution < -0.4 is 0 Å². The van der Waals surface area contributed by atoms with Crippen LogP contribution in [0.15, 0.2) is 60.7 Å². The van der Waals surface area contributed by atoms with Gasteiger partial charge in [-0.2, -0.15) is 13.2 Å². The molecule has 0 saturated carbocycles. The molecule has 122 valence electrons. The number of alkyl halides is 3. The SMILES string of the molecule is CN(C)CCC=C(c1ccccc1)c1ccc(C(F)(F)F)cc1. The van der Waals surface area contributed by atoms with Gasteiger partial charge >= 0.3 is 6.18 Å². The van der Waals surface area contributed by atoms with Crippen LogP contribution in [0.5, 0.6) is 0 Å². The molecule has 0 aliphatic rings. The van der Waals surface area contributed by atoms with Crippen molar-refractivity contribution < 1.29 is 13.2 Å². The van der Waals surface area contributed by atoms with Crippen LogP contribution in [0.25, 0.3) is 5.57 Å². The zero-order valence-electron chi connectivity index (χ0n) is 13.3. The van der Waals surface area contributed by atoms with E-state index in [0.717, 1.165) is 41.8 Å². The van der Waals surface area contributed by atoms with Crippen molar-refractivity contribution in [2.24, 2.45) is 0 Å². The van der Waals surface area contributed by atoms with Gasteiger partial charge in [0, 0.05) is 6.54 Å². The Kier molecular flexibility index (Phi) is 5.61. The van der Waals surface area contributed by atoms with E-state index in [9.17, 15) is 13.2 Å². The molecule has 0 radical (unpaired) electrons. The van der Waals surface area contributed by atoms with E-state index in [1.165, 1.54) is 12.1 Å². The summed E-state index contributed by atoms with van der Waals surface area (Å²) in [6.07, 6.45) is -1.39. The standard InChI is InChI=1S/C19H20F3N/c1-23(2)14-6-9-18(15-7-4-3-5-8-15)16-10-12-17(13-11-16)19(20,21)22/h3-5,7-13H,6,14H2,1-2H3. The lowest BCUT2D eigenvalue weighted by Gasteiger charge is -2.12. The van der Waals surface area contributed by atoms with E-state index in [4.69, 9.17) is 0 Å². The summed E-state index contributed by atoms with van der Waals surface area (Å²) < 4.78 is 38.1. The second-order valence-electron chi connectivity index (χ2n) is 5.65. The molecule has 0 aliphatic carbocycles. The molecule has 0 unspecified atom stereocenters. The lowest BCUT2D eigenvalue weighted by molar-refractivity contribution is -0.137. The molecule has 0 heterocycles. The van der Waals surface area contributed by atoms with Crippen LogP contribution in [-0.4, -0.2) is 25.5 Å². The Morgan fingerprint density at radius 1 is 0.913 bits per heavy atom. The molecule has 23 heavy (non-hydrogen) atoms. The summed E-state index contributed by atoms with van der Waals surface area (Å²) in [6, 6.07) is 15.1. The number of hydrogen-bond donors (Lipinski definition) is 0. The minimum Gasteiger partial charge on any atom is -0.309 e. The predicted octanol–water partition coefficient (Wildman–Crippen LogP) is 5.09. The van der Waals surface area contributed by atoms with Crippen molar-refractivity contribution >= 4 is 5.57 Å². The second-order valence-corrected chi connectivity index (χ2v) is 5.65. The highest BCUT2D eigenvalue weighted by molar-refractivity contribution is 5.79. The van der Waals surface area contributed by atoms with Crippen LogP contribution in [0, 0.1) is 0 Å². The van der Waals surface area contributed by atoms with E-state index in [1.54, 1.807) is 0 Å². The van der Waals surface area contributed by atoms with Gasteiger partial charge in [-0.3, -0.25) is 0 Å². The largest absolute Gasteiger partial charge is 0.416 e. The fourth-order valence-electron chi connectivity index (χ4n) is 2.33. The van der Waals surface area contributed by atoms with Gasteiger partial charge in [-0.25, -0.2) is 0 Å². The van der Waals surface area contributed by atoms with Crippen molar-refractivity contribution in [1.82, 2.24) is 4.90 Å². The summed E-state index contributed by atoms with van der Waals surface area (Å²) in [7, 11) is 3.99. The lowest BCUT2D eigenvalue weighted by Crippen LogP contribution is -2.12. The average molecular weight is 319 g/mol. The predicted molar refractivity (Wildman–Crippen MR) is 88.1 cm³/mol. The van der Waals surface area contributed by atoms with Crippen LogP contribution in [0.4, 0.5) is 13.2 Å². The highest BCUT2D eigenvalue weighted by atomic mass is 19.4.